The van der Waals surface area contributed by atoms with Gasteiger partial charge in [-0.1, -0.05) is 6.08 Å². The summed E-state index contributed by atoms with van der Waals surface area (Å²) in [7, 11) is 0. The zero-order chi connectivity index (χ0) is 18.0. The van der Waals surface area contributed by atoms with Gasteiger partial charge in [0.2, 0.25) is 11.8 Å². The number of nitrogens with zero attached hydrogens (tertiary/aromatic N) is 3. The summed E-state index contributed by atoms with van der Waals surface area (Å²) in [5.41, 5.74) is 1.93. The van der Waals surface area contributed by atoms with Gasteiger partial charge in [-0.15, -0.1) is 0 Å². The lowest BCUT2D eigenvalue weighted by molar-refractivity contribution is -0.0528. The highest BCUT2D eigenvalue weighted by molar-refractivity contribution is 5.83. The Kier molecular flexibility index (Phi) is 4.61. The largest absolute Gasteiger partial charge is 0.417 e. The molecule has 25 heavy (non-hydrogen) atoms. The third-order valence-electron chi connectivity index (χ3n) is 3.58. The first-order chi connectivity index (χ1) is 11.8. The molecule has 2 aromatic heterocycles. The number of nitrogens with one attached hydrogen (secondary N) is 1. The lowest BCUT2D eigenvalue weighted by atomic mass is 10.0. The van der Waals surface area contributed by atoms with Crippen molar-refractivity contribution >= 4 is 11.5 Å². The van der Waals surface area contributed by atoms with Gasteiger partial charge in [0.25, 0.3) is 0 Å². The van der Waals surface area contributed by atoms with Gasteiger partial charge in [0.15, 0.2) is 0 Å². The van der Waals surface area contributed by atoms with Crippen molar-refractivity contribution in [3.8, 4) is 5.88 Å². The number of halogens is 3. The maximum Gasteiger partial charge on any atom is 0.388 e. The summed E-state index contributed by atoms with van der Waals surface area (Å²) in [5, 5.41) is 2.87. The van der Waals surface area contributed by atoms with Crippen LogP contribution < -0.4 is 10.1 Å². The summed E-state index contributed by atoms with van der Waals surface area (Å²) in [6.45, 7) is 0.156. The summed E-state index contributed by atoms with van der Waals surface area (Å²) in [6, 6.07) is 3.05. The standard InChI is InChI=1S/C17H17F3N4O/c1-17(2,20)9-23-16-22-8-12-11(4-5-13(12)24-16)10-3-6-14(21-7-10)25-15(18)19/h3-4,6-8,15H,5,9H2,1-2H3,(H,22,23,24). The minimum Gasteiger partial charge on any atom is -0.417 e. The normalized spacial score (nSPS) is 13.6. The van der Waals surface area contributed by atoms with Crippen LogP contribution in [0.3, 0.4) is 0 Å². The predicted octanol–water partition coefficient (Wildman–Crippen LogP) is 3.62. The quantitative estimate of drug-likeness (QED) is 0.862. The third kappa shape index (κ3) is 4.26. The lowest BCUT2D eigenvalue weighted by Crippen LogP contribution is -2.25. The van der Waals surface area contributed by atoms with Crippen molar-refractivity contribution in [3.63, 3.8) is 0 Å². The van der Waals surface area contributed by atoms with Crippen molar-refractivity contribution in [1.29, 1.82) is 0 Å². The Bertz CT molecular complexity index is 785. The molecule has 0 spiro atoms. The number of anilines is 1. The molecular formula is C17H17F3N4O. The van der Waals surface area contributed by atoms with Gasteiger partial charge in [0.05, 0.1) is 12.2 Å². The molecule has 0 atom stereocenters. The molecule has 132 valence electrons. The van der Waals surface area contributed by atoms with Crippen molar-refractivity contribution in [2.75, 3.05) is 11.9 Å². The van der Waals surface area contributed by atoms with Gasteiger partial charge in [-0.2, -0.15) is 8.78 Å². The molecule has 1 N–H and O–H groups in total. The van der Waals surface area contributed by atoms with E-state index in [0.717, 1.165) is 22.4 Å². The number of hydrogen-bond donors (Lipinski definition) is 1. The second kappa shape index (κ2) is 6.70. The molecule has 0 unspecified atom stereocenters. The second-order valence-corrected chi connectivity index (χ2v) is 6.21. The average molecular weight is 350 g/mol. The van der Waals surface area contributed by atoms with Gasteiger partial charge in [0, 0.05) is 36.0 Å². The molecule has 0 fully saturated rings. The smallest absolute Gasteiger partial charge is 0.388 e. The molecule has 0 aromatic carbocycles. The fourth-order valence-electron chi connectivity index (χ4n) is 2.45. The SMILES string of the molecule is CC(C)(F)CNc1ncc2c(n1)CC=C2c1ccc(OC(F)F)nc1. The number of aromatic nitrogens is 3. The molecule has 0 bridgehead atoms. The first kappa shape index (κ1) is 17.2. The number of alkyl halides is 3. The predicted molar refractivity (Wildman–Crippen MR) is 87.4 cm³/mol. The molecule has 0 amide bonds. The van der Waals surface area contributed by atoms with Crippen LogP contribution in [-0.4, -0.2) is 33.8 Å². The molecule has 3 rings (SSSR count). The lowest BCUT2D eigenvalue weighted by Gasteiger charge is -2.15. The fourth-order valence-corrected chi connectivity index (χ4v) is 2.45. The zero-order valence-corrected chi connectivity index (χ0v) is 13.8. The van der Waals surface area contributed by atoms with E-state index >= 15 is 0 Å². The van der Waals surface area contributed by atoms with E-state index in [2.05, 4.69) is 25.0 Å². The molecule has 0 radical (unpaired) electrons. The van der Waals surface area contributed by atoms with E-state index in [-0.39, 0.29) is 12.4 Å². The minimum atomic E-state index is -2.90. The second-order valence-electron chi connectivity index (χ2n) is 6.21. The van der Waals surface area contributed by atoms with Gasteiger partial charge >= 0.3 is 6.61 Å². The van der Waals surface area contributed by atoms with Crippen LogP contribution in [0, 0.1) is 0 Å². The van der Waals surface area contributed by atoms with Crippen LogP contribution in [0.15, 0.2) is 30.6 Å². The maximum absolute atomic E-state index is 13.6. The molecule has 0 saturated carbocycles. The van der Waals surface area contributed by atoms with Crippen LogP contribution in [0.5, 0.6) is 5.88 Å². The molecule has 2 aromatic rings. The number of fused-ring (bicyclic) bond motifs is 1. The Hall–Kier alpha value is -2.64. The van der Waals surface area contributed by atoms with E-state index in [9.17, 15) is 13.2 Å². The van der Waals surface area contributed by atoms with Crippen LogP contribution in [0.25, 0.3) is 5.57 Å². The Balaban J connectivity index is 1.75. The maximum atomic E-state index is 13.6. The van der Waals surface area contributed by atoms with Crippen molar-refractivity contribution < 1.29 is 17.9 Å². The van der Waals surface area contributed by atoms with Crippen molar-refractivity contribution in [3.05, 3.63) is 47.4 Å². The molecule has 2 heterocycles. The molecule has 1 aliphatic carbocycles. The summed E-state index contributed by atoms with van der Waals surface area (Å²) in [4.78, 5) is 12.5. The van der Waals surface area contributed by atoms with E-state index in [0.29, 0.717) is 12.4 Å². The fraction of sp³-hybridized carbons (Fsp3) is 0.353. The van der Waals surface area contributed by atoms with Gasteiger partial charge in [-0.25, -0.2) is 19.3 Å². The first-order valence-electron chi connectivity index (χ1n) is 7.72. The number of rotatable bonds is 6. The summed E-state index contributed by atoms with van der Waals surface area (Å²) in [6.07, 6.45) is 5.71. The number of ether oxygens (including phenoxy) is 1. The Labute approximate surface area is 143 Å². The Morgan fingerprint density at radius 1 is 1.24 bits per heavy atom. The average Bonchev–Trinajstić information content (AvgIpc) is 2.95. The van der Waals surface area contributed by atoms with Crippen molar-refractivity contribution in [1.82, 2.24) is 15.0 Å². The molecule has 0 aliphatic heterocycles. The summed E-state index contributed by atoms with van der Waals surface area (Å²) >= 11 is 0. The van der Waals surface area contributed by atoms with Gasteiger partial charge in [-0.3, -0.25) is 0 Å². The van der Waals surface area contributed by atoms with Crippen LogP contribution in [0.2, 0.25) is 0 Å². The van der Waals surface area contributed by atoms with Crippen LogP contribution in [-0.2, 0) is 6.42 Å². The summed E-state index contributed by atoms with van der Waals surface area (Å²) in [5.74, 6) is 0.236. The van der Waals surface area contributed by atoms with E-state index in [1.165, 1.54) is 26.1 Å². The molecule has 8 heteroatoms. The van der Waals surface area contributed by atoms with E-state index in [1.54, 1.807) is 12.3 Å². The van der Waals surface area contributed by atoms with E-state index < -0.39 is 12.3 Å². The third-order valence-corrected chi connectivity index (χ3v) is 3.58. The van der Waals surface area contributed by atoms with Gasteiger partial charge in [0.1, 0.15) is 5.67 Å². The van der Waals surface area contributed by atoms with Crippen LogP contribution in [0.1, 0.15) is 30.7 Å². The van der Waals surface area contributed by atoms with E-state index in [1.807, 2.05) is 6.08 Å². The molecule has 5 nitrogen and oxygen atoms in total. The van der Waals surface area contributed by atoms with E-state index in [4.69, 9.17) is 0 Å². The molecular weight excluding hydrogens is 333 g/mol. The highest BCUT2D eigenvalue weighted by Crippen LogP contribution is 2.32. The highest BCUT2D eigenvalue weighted by Gasteiger charge is 2.20. The highest BCUT2D eigenvalue weighted by atomic mass is 19.3. The van der Waals surface area contributed by atoms with Crippen LogP contribution in [0.4, 0.5) is 19.1 Å². The number of allylic oxidation sites excluding steroid dienone is 1. The first-order valence-corrected chi connectivity index (χ1v) is 7.72. The Morgan fingerprint density at radius 3 is 2.68 bits per heavy atom. The van der Waals surface area contributed by atoms with Crippen LogP contribution >= 0.6 is 0 Å². The van der Waals surface area contributed by atoms with Crippen molar-refractivity contribution in [2.24, 2.45) is 0 Å². The van der Waals surface area contributed by atoms with Gasteiger partial charge < -0.3 is 10.1 Å². The molecule has 0 saturated heterocycles. The minimum absolute atomic E-state index is 0.113. The zero-order valence-electron chi connectivity index (χ0n) is 13.8. The summed E-state index contributed by atoms with van der Waals surface area (Å²) < 4.78 is 42.1. The van der Waals surface area contributed by atoms with Crippen molar-refractivity contribution in [2.45, 2.75) is 32.5 Å². The Morgan fingerprint density at radius 2 is 2.04 bits per heavy atom. The monoisotopic (exact) mass is 350 g/mol. The number of pyridine rings is 1. The number of hydrogen-bond acceptors (Lipinski definition) is 5. The molecule has 1 aliphatic rings. The van der Waals surface area contributed by atoms with Gasteiger partial charge in [-0.05, 0) is 25.5 Å². The topological polar surface area (TPSA) is 59.9 Å².